The molecule has 0 atom stereocenters. The number of aliphatic imine (C=N–C) groups is 1. The average Bonchev–Trinajstić information content (AvgIpc) is 3.40. The number of carbonyl (C=O) groups excluding carboxylic acids is 1. The van der Waals surface area contributed by atoms with E-state index in [1.54, 1.807) is 0 Å². The van der Waals surface area contributed by atoms with Gasteiger partial charge in [-0.3, -0.25) is 4.99 Å². The van der Waals surface area contributed by atoms with Gasteiger partial charge in [-0.15, -0.1) is 0 Å². The second kappa shape index (κ2) is 7.67. The van der Waals surface area contributed by atoms with E-state index in [4.69, 9.17) is 4.74 Å². The van der Waals surface area contributed by atoms with E-state index >= 15 is 0 Å². The summed E-state index contributed by atoms with van der Waals surface area (Å²) in [5.74, 6) is -9.53. The largest absolute Gasteiger partial charge is 0.506 e. The Bertz CT molecular complexity index is 755. The molecule has 0 bridgehead atoms. The van der Waals surface area contributed by atoms with Crippen molar-refractivity contribution in [3.63, 3.8) is 0 Å². The number of nitrogens with zero attached hydrogens (tertiary/aromatic N) is 1. The summed E-state index contributed by atoms with van der Waals surface area (Å²) in [6.45, 7) is 2.84. The average molecular weight is 359 g/mol. The molecule has 0 amide bonds. The molecule has 2 rings (SSSR count). The Morgan fingerprint density at radius 3 is 2.28 bits per heavy atom. The van der Waals surface area contributed by atoms with Crippen LogP contribution in [0, 0.1) is 23.3 Å². The molecule has 1 fully saturated rings. The monoisotopic (exact) mass is 359 g/mol. The maximum atomic E-state index is 14.2. The van der Waals surface area contributed by atoms with Crippen molar-refractivity contribution in [2.45, 2.75) is 39.2 Å². The van der Waals surface area contributed by atoms with Gasteiger partial charge in [0.05, 0.1) is 18.2 Å². The zero-order valence-corrected chi connectivity index (χ0v) is 13.7. The number of hydrogen-bond acceptors (Lipinski definition) is 4. The van der Waals surface area contributed by atoms with Crippen LogP contribution in [0.25, 0.3) is 5.76 Å². The first kappa shape index (κ1) is 19.0. The summed E-state index contributed by atoms with van der Waals surface area (Å²) in [5.41, 5.74) is -2.05. The first-order chi connectivity index (χ1) is 11.8. The molecule has 136 valence electrons. The van der Waals surface area contributed by atoms with E-state index < -0.39 is 51.7 Å². The number of halogens is 4. The Labute approximate surface area is 141 Å². The number of esters is 1. The fraction of sp³-hybridized carbons (Fsp3) is 0.412. The molecule has 1 aromatic rings. The maximum Gasteiger partial charge on any atom is 0.343 e. The molecule has 1 aliphatic rings. The Kier molecular flexibility index (Phi) is 5.81. The number of carbonyl (C=O) groups is 1. The Morgan fingerprint density at radius 2 is 1.76 bits per heavy atom. The molecule has 1 saturated carbocycles. The van der Waals surface area contributed by atoms with Crippen molar-refractivity contribution in [1.29, 1.82) is 0 Å². The van der Waals surface area contributed by atoms with E-state index in [1.807, 2.05) is 0 Å². The Morgan fingerprint density at radius 1 is 1.16 bits per heavy atom. The number of aliphatic hydroxyl groups excluding tert-OH is 1. The Hall–Kier alpha value is -2.38. The molecule has 0 aromatic heterocycles. The van der Waals surface area contributed by atoms with Crippen molar-refractivity contribution in [1.82, 2.24) is 0 Å². The van der Waals surface area contributed by atoms with Gasteiger partial charge in [0.15, 0.2) is 23.3 Å². The van der Waals surface area contributed by atoms with Crippen molar-refractivity contribution in [3.8, 4) is 0 Å². The molecular formula is C17H17F4NO3. The standard InChI is InChI=1S/C17H17F4NO3/c1-3-9-11(13(19)15(21)14(20)12(9)18)16(23)10(17(24)25-4-2)7-22-8-5-6-8/h7-8,23H,3-6H2,1-2H3/b16-10-,22-7?. The molecule has 1 aromatic carbocycles. The highest BCUT2D eigenvalue weighted by Gasteiger charge is 2.29. The van der Waals surface area contributed by atoms with Gasteiger partial charge in [-0.25, -0.2) is 22.4 Å². The summed E-state index contributed by atoms with van der Waals surface area (Å²) in [4.78, 5) is 16.0. The summed E-state index contributed by atoms with van der Waals surface area (Å²) in [6.07, 6.45) is 2.34. The van der Waals surface area contributed by atoms with Gasteiger partial charge < -0.3 is 9.84 Å². The van der Waals surface area contributed by atoms with Crippen LogP contribution in [0.15, 0.2) is 10.6 Å². The fourth-order valence-electron chi connectivity index (χ4n) is 2.21. The molecule has 1 aliphatic carbocycles. The van der Waals surface area contributed by atoms with Gasteiger partial charge in [-0.1, -0.05) is 6.92 Å². The van der Waals surface area contributed by atoms with Crippen LogP contribution in [0.5, 0.6) is 0 Å². The van der Waals surface area contributed by atoms with E-state index in [2.05, 4.69) is 4.99 Å². The van der Waals surface area contributed by atoms with Crippen LogP contribution in [0.1, 0.15) is 37.8 Å². The normalized spacial score (nSPS) is 15.4. The molecule has 0 radical (unpaired) electrons. The fourth-order valence-corrected chi connectivity index (χ4v) is 2.21. The lowest BCUT2D eigenvalue weighted by Crippen LogP contribution is -2.15. The molecule has 0 aliphatic heterocycles. The zero-order valence-electron chi connectivity index (χ0n) is 13.7. The van der Waals surface area contributed by atoms with Crippen molar-refractivity contribution < 1.29 is 32.2 Å². The van der Waals surface area contributed by atoms with Crippen LogP contribution < -0.4 is 0 Å². The maximum absolute atomic E-state index is 14.2. The highest BCUT2D eigenvalue weighted by molar-refractivity contribution is 6.15. The summed E-state index contributed by atoms with van der Waals surface area (Å²) in [6, 6.07) is -0.0330. The molecule has 0 spiro atoms. The molecule has 1 N–H and O–H groups in total. The molecule has 0 unspecified atom stereocenters. The number of ether oxygens (including phenoxy) is 1. The minimum Gasteiger partial charge on any atom is -0.506 e. The Balaban J connectivity index is 2.69. The summed E-state index contributed by atoms with van der Waals surface area (Å²) in [5, 5.41) is 10.3. The van der Waals surface area contributed by atoms with Crippen molar-refractivity contribution >= 4 is 17.9 Å². The van der Waals surface area contributed by atoms with Gasteiger partial charge in [-0.2, -0.15) is 0 Å². The van der Waals surface area contributed by atoms with Crippen LogP contribution in [-0.2, 0) is 16.0 Å². The smallest absolute Gasteiger partial charge is 0.343 e. The van der Waals surface area contributed by atoms with E-state index in [0.717, 1.165) is 19.1 Å². The third-order valence-electron chi connectivity index (χ3n) is 3.67. The van der Waals surface area contributed by atoms with Gasteiger partial charge in [-0.05, 0) is 26.2 Å². The lowest BCUT2D eigenvalue weighted by atomic mass is 9.98. The second-order valence-electron chi connectivity index (χ2n) is 5.46. The van der Waals surface area contributed by atoms with E-state index in [-0.39, 0.29) is 19.1 Å². The lowest BCUT2D eigenvalue weighted by molar-refractivity contribution is -0.137. The van der Waals surface area contributed by atoms with Crippen LogP contribution in [0.3, 0.4) is 0 Å². The second-order valence-corrected chi connectivity index (χ2v) is 5.46. The van der Waals surface area contributed by atoms with Crippen LogP contribution in [-0.4, -0.2) is 29.9 Å². The molecule has 0 saturated heterocycles. The SMILES string of the molecule is CCOC(=O)/C(C=NC1CC1)=C(\O)c1c(F)c(F)c(F)c(F)c1CC. The number of rotatable bonds is 6. The summed E-state index contributed by atoms with van der Waals surface area (Å²) in [7, 11) is 0. The van der Waals surface area contributed by atoms with Gasteiger partial charge in [0.1, 0.15) is 11.3 Å². The first-order valence-electron chi connectivity index (χ1n) is 7.82. The molecule has 8 heteroatoms. The highest BCUT2D eigenvalue weighted by atomic mass is 19.2. The van der Waals surface area contributed by atoms with Crippen LogP contribution in [0.2, 0.25) is 0 Å². The van der Waals surface area contributed by atoms with Crippen LogP contribution >= 0.6 is 0 Å². The van der Waals surface area contributed by atoms with Crippen molar-refractivity contribution in [2.75, 3.05) is 6.61 Å². The third-order valence-corrected chi connectivity index (χ3v) is 3.67. The highest BCUT2D eigenvalue weighted by Crippen LogP contribution is 2.31. The molecular weight excluding hydrogens is 342 g/mol. The third kappa shape index (κ3) is 3.83. The number of hydrogen-bond donors (Lipinski definition) is 1. The van der Waals surface area contributed by atoms with E-state index in [1.165, 1.54) is 13.8 Å². The van der Waals surface area contributed by atoms with Gasteiger partial charge >= 0.3 is 5.97 Å². The number of aliphatic hydroxyl groups is 1. The quantitative estimate of drug-likeness (QED) is 0.160. The lowest BCUT2D eigenvalue weighted by Gasteiger charge is -2.13. The first-order valence-corrected chi connectivity index (χ1v) is 7.82. The van der Waals surface area contributed by atoms with Crippen molar-refractivity contribution in [3.05, 3.63) is 40.0 Å². The predicted octanol–water partition coefficient (Wildman–Crippen LogP) is 3.87. The summed E-state index contributed by atoms with van der Waals surface area (Å²) < 4.78 is 59.9. The minimum absolute atomic E-state index is 0.0330. The van der Waals surface area contributed by atoms with Gasteiger partial charge in [0.2, 0.25) is 0 Å². The van der Waals surface area contributed by atoms with Crippen LogP contribution in [0.4, 0.5) is 17.6 Å². The molecule has 25 heavy (non-hydrogen) atoms. The molecule has 4 nitrogen and oxygen atoms in total. The zero-order chi connectivity index (χ0) is 18.7. The predicted molar refractivity (Wildman–Crippen MR) is 83.3 cm³/mol. The van der Waals surface area contributed by atoms with Gasteiger partial charge in [0, 0.05) is 11.8 Å². The topological polar surface area (TPSA) is 58.9 Å². The van der Waals surface area contributed by atoms with E-state index in [9.17, 15) is 27.5 Å². The van der Waals surface area contributed by atoms with E-state index in [0.29, 0.717) is 0 Å². The minimum atomic E-state index is -2.07. The molecule has 0 heterocycles. The summed E-state index contributed by atoms with van der Waals surface area (Å²) >= 11 is 0. The van der Waals surface area contributed by atoms with Crippen molar-refractivity contribution in [2.24, 2.45) is 4.99 Å². The van der Waals surface area contributed by atoms with Gasteiger partial charge in [0.25, 0.3) is 0 Å². The number of benzene rings is 1.